The predicted molar refractivity (Wildman–Crippen MR) is 113 cm³/mol. The summed E-state index contributed by atoms with van der Waals surface area (Å²) < 4.78 is 2.00. The first-order valence-corrected chi connectivity index (χ1v) is 10.6. The fraction of sp³-hybridized carbons (Fsp3) is 0.286. The first kappa shape index (κ1) is 19.0. The summed E-state index contributed by atoms with van der Waals surface area (Å²) in [6.45, 7) is 2.83. The minimum atomic E-state index is 0.0312. The van der Waals surface area contributed by atoms with E-state index in [-0.39, 0.29) is 5.91 Å². The summed E-state index contributed by atoms with van der Waals surface area (Å²) in [6, 6.07) is 15.7. The summed E-state index contributed by atoms with van der Waals surface area (Å²) in [5, 5.41) is 13.1. The standard InChI is InChI=1S/C21H21ClN4OS/c1-14-3-2-4-18(11-14)26-20(16-7-9-17(22)10-8-16)24-25-21(26)28-13-19(27)23-12-15-5-6-15/h2-4,7-11,15H,5-6,12-13H2,1H3,(H,23,27). The Morgan fingerprint density at radius 3 is 2.71 bits per heavy atom. The molecule has 1 aliphatic carbocycles. The van der Waals surface area contributed by atoms with E-state index in [0.717, 1.165) is 29.2 Å². The third-order valence-corrected chi connectivity index (χ3v) is 5.79. The fourth-order valence-electron chi connectivity index (χ4n) is 2.91. The highest BCUT2D eigenvalue weighted by Gasteiger charge is 2.22. The molecule has 0 saturated heterocycles. The Kier molecular flexibility index (Phi) is 5.69. The molecule has 144 valence electrons. The maximum absolute atomic E-state index is 12.2. The Balaban J connectivity index is 1.61. The number of hydrogen-bond donors (Lipinski definition) is 1. The van der Waals surface area contributed by atoms with Crippen molar-refractivity contribution >= 4 is 29.3 Å². The monoisotopic (exact) mass is 412 g/mol. The maximum Gasteiger partial charge on any atom is 0.230 e. The SMILES string of the molecule is Cc1cccc(-n2c(SCC(=O)NCC3CC3)nnc2-c2ccc(Cl)cc2)c1. The summed E-state index contributed by atoms with van der Waals surface area (Å²) in [5.74, 6) is 1.74. The summed E-state index contributed by atoms with van der Waals surface area (Å²) in [7, 11) is 0. The van der Waals surface area contributed by atoms with Gasteiger partial charge in [0.25, 0.3) is 0 Å². The Labute approximate surface area is 173 Å². The number of thioether (sulfide) groups is 1. The predicted octanol–water partition coefficient (Wildman–Crippen LogP) is 4.51. The molecule has 0 aliphatic heterocycles. The summed E-state index contributed by atoms with van der Waals surface area (Å²) in [5.41, 5.74) is 3.03. The first-order valence-electron chi connectivity index (χ1n) is 9.28. The minimum absolute atomic E-state index is 0.0312. The second-order valence-corrected chi connectivity index (χ2v) is 8.40. The number of aryl methyl sites for hydroxylation is 1. The number of amides is 1. The van der Waals surface area contributed by atoms with Crippen LogP contribution in [0.3, 0.4) is 0 Å². The van der Waals surface area contributed by atoms with E-state index < -0.39 is 0 Å². The van der Waals surface area contributed by atoms with Crippen molar-refractivity contribution in [3.05, 3.63) is 59.1 Å². The topological polar surface area (TPSA) is 59.8 Å². The first-order chi connectivity index (χ1) is 13.6. The zero-order valence-corrected chi connectivity index (χ0v) is 17.1. The van der Waals surface area contributed by atoms with Gasteiger partial charge in [0.1, 0.15) is 0 Å². The van der Waals surface area contributed by atoms with Gasteiger partial charge in [0.2, 0.25) is 5.91 Å². The van der Waals surface area contributed by atoms with Crippen LogP contribution >= 0.6 is 23.4 Å². The highest BCUT2D eigenvalue weighted by molar-refractivity contribution is 7.99. The van der Waals surface area contributed by atoms with Gasteiger partial charge in [-0.25, -0.2) is 0 Å². The van der Waals surface area contributed by atoms with Gasteiger partial charge in [0.05, 0.1) is 5.75 Å². The van der Waals surface area contributed by atoms with Crippen LogP contribution in [0.15, 0.2) is 53.7 Å². The van der Waals surface area contributed by atoms with Crippen LogP contribution in [0.25, 0.3) is 17.1 Å². The highest BCUT2D eigenvalue weighted by atomic mass is 35.5. The van der Waals surface area contributed by atoms with Crippen molar-refractivity contribution in [2.45, 2.75) is 24.9 Å². The van der Waals surface area contributed by atoms with Crippen molar-refractivity contribution in [2.24, 2.45) is 5.92 Å². The van der Waals surface area contributed by atoms with Gasteiger partial charge in [0, 0.05) is 22.8 Å². The molecule has 4 rings (SSSR count). The van der Waals surface area contributed by atoms with Gasteiger partial charge in [-0.3, -0.25) is 9.36 Å². The highest BCUT2D eigenvalue weighted by Crippen LogP contribution is 2.30. The zero-order chi connectivity index (χ0) is 19.5. The molecule has 5 nitrogen and oxygen atoms in total. The lowest BCUT2D eigenvalue weighted by atomic mass is 10.2. The van der Waals surface area contributed by atoms with Gasteiger partial charge >= 0.3 is 0 Å². The molecule has 1 fully saturated rings. The number of nitrogens with one attached hydrogen (secondary N) is 1. The lowest BCUT2D eigenvalue weighted by molar-refractivity contribution is -0.118. The van der Waals surface area contributed by atoms with Gasteiger partial charge in [-0.05, 0) is 67.6 Å². The molecule has 1 saturated carbocycles. The number of nitrogens with zero attached hydrogens (tertiary/aromatic N) is 3. The van der Waals surface area contributed by atoms with Crippen molar-refractivity contribution in [1.82, 2.24) is 20.1 Å². The molecule has 1 aliphatic rings. The molecule has 28 heavy (non-hydrogen) atoms. The number of hydrogen-bond acceptors (Lipinski definition) is 4. The number of aromatic nitrogens is 3. The van der Waals surface area contributed by atoms with E-state index in [1.165, 1.54) is 24.6 Å². The molecule has 1 N–H and O–H groups in total. The van der Waals surface area contributed by atoms with Crippen LogP contribution in [0.2, 0.25) is 5.02 Å². The number of rotatable bonds is 7. The molecule has 0 radical (unpaired) electrons. The van der Waals surface area contributed by atoms with Crippen LogP contribution in [0.1, 0.15) is 18.4 Å². The number of carbonyl (C=O) groups is 1. The largest absolute Gasteiger partial charge is 0.355 e. The average Bonchev–Trinajstić information content (AvgIpc) is 3.43. The van der Waals surface area contributed by atoms with Crippen LogP contribution < -0.4 is 5.32 Å². The van der Waals surface area contributed by atoms with Crippen LogP contribution in [0, 0.1) is 12.8 Å². The van der Waals surface area contributed by atoms with E-state index in [1.54, 1.807) is 0 Å². The smallest absolute Gasteiger partial charge is 0.230 e. The summed E-state index contributed by atoms with van der Waals surface area (Å²) in [4.78, 5) is 12.2. The van der Waals surface area contributed by atoms with Crippen molar-refractivity contribution in [3.63, 3.8) is 0 Å². The van der Waals surface area contributed by atoms with Crippen LogP contribution in [0.4, 0.5) is 0 Å². The Hall–Kier alpha value is -2.31. The van der Waals surface area contributed by atoms with Crippen molar-refractivity contribution < 1.29 is 4.79 Å². The lowest BCUT2D eigenvalue weighted by Gasteiger charge is -2.11. The molecule has 7 heteroatoms. The molecule has 1 amide bonds. The number of carbonyl (C=O) groups excluding carboxylic acids is 1. The third kappa shape index (κ3) is 4.56. The molecule has 3 aromatic rings. The van der Waals surface area contributed by atoms with Crippen molar-refractivity contribution in [3.8, 4) is 17.1 Å². The van der Waals surface area contributed by atoms with E-state index in [2.05, 4.69) is 21.6 Å². The van der Waals surface area contributed by atoms with Gasteiger partial charge < -0.3 is 5.32 Å². The van der Waals surface area contributed by atoms with E-state index in [4.69, 9.17) is 11.6 Å². The molecular formula is C21H21ClN4OS. The van der Waals surface area contributed by atoms with E-state index >= 15 is 0 Å². The Morgan fingerprint density at radius 1 is 1.21 bits per heavy atom. The van der Waals surface area contributed by atoms with Gasteiger partial charge in [-0.15, -0.1) is 10.2 Å². The molecule has 1 aromatic heterocycles. The van der Waals surface area contributed by atoms with Gasteiger partial charge in [-0.2, -0.15) is 0 Å². The van der Waals surface area contributed by atoms with Crippen LogP contribution in [0.5, 0.6) is 0 Å². The molecule has 2 aromatic carbocycles. The average molecular weight is 413 g/mol. The molecule has 0 bridgehead atoms. The number of benzene rings is 2. The van der Waals surface area contributed by atoms with Crippen molar-refractivity contribution in [2.75, 3.05) is 12.3 Å². The maximum atomic E-state index is 12.2. The van der Waals surface area contributed by atoms with Crippen molar-refractivity contribution in [1.29, 1.82) is 0 Å². The fourth-order valence-corrected chi connectivity index (χ4v) is 3.82. The van der Waals surface area contributed by atoms with E-state index in [9.17, 15) is 4.79 Å². The van der Waals surface area contributed by atoms with E-state index in [0.29, 0.717) is 21.8 Å². The van der Waals surface area contributed by atoms with E-state index in [1.807, 2.05) is 54.0 Å². The normalized spacial score (nSPS) is 13.5. The second kappa shape index (κ2) is 8.37. The molecule has 0 atom stereocenters. The quantitative estimate of drug-likeness (QED) is 0.580. The number of halogens is 1. The zero-order valence-electron chi connectivity index (χ0n) is 15.6. The van der Waals surface area contributed by atoms with Crippen LogP contribution in [-0.2, 0) is 4.79 Å². The summed E-state index contributed by atoms with van der Waals surface area (Å²) in [6.07, 6.45) is 2.44. The summed E-state index contributed by atoms with van der Waals surface area (Å²) >= 11 is 7.43. The molecule has 0 spiro atoms. The lowest BCUT2D eigenvalue weighted by Crippen LogP contribution is -2.27. The molecule has 0 unspecified atom stereocenters. The molecule has 1 heterocycles. The second-order valence-electron chi connectivity index (χ2n) is 7.02. The van der Waals surface area contributed by atoms with Gasteiger partial charge in [0.15, 0.2) is 11.0 Å². The Bertz CT molecular complexity index is 982. The molecular weight excluding hydrogens is 392 g/mol. The third-order valence-electron chi connectivity index (χ3n) is 4.61. The van der Waals surface area contributed by atoms with Crippen LogP contribution in [-0.4, -0.2) is 33.0 Å². The minimum Gasteiger partial charge on any atom is -0.355 e. The van der Waals surface area contributed by atoms with Gasteiger partial charge in [-0.1, -0.05) is 35.5 Å². The Morgan fingerprint density at radius 2 is 2.00 bits per heavy atom.